The summed E-state index contributed by atoms with van der Waals surface area (Å²) in [4.78, 5) is 10.8. The number of esters is 1. The van der Waals surface area contributed by atoms with Crippen LogP contribution in [0, 0.1) is 0 Å². The molecule has 0 aromatic carbocycles. The van der Waals surface area contributed by atoms with Crippen molar-refractivity contribution in [1.82, 2.24) is 5.32 Å². The Bertz CT molecular complexity index is 190. The smallest absolute Gasteiger partial charge is 0.305 e. The molecule has 4 heteroatoms. The molecule has 0 bridgehead atoms. The van der Waals surface area contributed by atoms with Crippen LogP contribution in [0.25, 0.3) is 0 Å². The van der Waals surface area contributed by atoms with Crippen molar-refractivity contribution >= 4 is 5.97 Å². The molecule has 0 heterocycles. The van der Waals surface area contributed by atoms with Crippen LogP contribution in [0.3, 0.4) is 0 Å². The van der Waals surface area contributed by atoms with Gasteiger partial charge in [0, 0.05) is 19.1 Å². The normalized spacial score (nSPS) is 24.7. The lowest BCUT2D eigenvalue weighted by Crippen LogP contribution is -2.45. The number of carbonyl (C=O) groups excluding carboxylic acids is 1. The number of methoxy groups -OCH3 is 1. The van der Waals surface area contributed by atoms with Crippen molar-refractivity contribution in [1.29, 1.82) is 0 Å². The Morgan fingerprint density at radius 3 is 2.80 bits per heavy atom. The fourth-order valence-electron chi connectivity index (χ4n) is 1.75. The second kappa shape index (κ2) is 6.80. The van der Waals surface area contributed by atoms with Crippen molar-refractivity contribution in [2.24, 2.45) is 0 Å². The van der Waals surface area contributed by atoms with E-state index in [-0.39, 0.29) is 5.97 Å². The minimum Gasteiger partial charge on any atom is -0.469 e. The molecule has 4 nitrogen and oxygen atoms in total. The predicted molar refractivity (Wildman–Crippen MR) is 57.7 cm³/mol. The van der Waals surface area contributed by atoms with E-state index in [2.05, 4.69) is 10.1 Å². The molecular formula is C11H21NO3. The Labute approximate surface area is 91.3 Å². The third kappa shape index (κ3) is 4.62. The van der Waals surface area contributed by atoms with E-state index in [1.807, 2.05) is 6.92 Å². The molecule has 1 N–H and O–H groups in total. The second-order valence-corrected chi connectivity index (χ2v) is 3.88. The first-order chi connectivity index (χ1) is 7.26. The van der Waals surface area contributed by atoms with Gasteiger partial charge < -0.3 is 14.8 Å². The van der Waals surface area contributed by atoms with Gasteiger partial charge in [-0.05, 0) is 32.7 Å². The summed E-state index contributed by atoms with van der Waals surface area (Å²) in [7, 11) is 1.42. The highest BCUT2D eigenvalue weighted by Crippen LogP contribution is 2.22. The fraction of sp³-hybridized carbons (Fsp3) is 0.909. The van der Waals surface area contributed by atoms with E-state index in [0.717, 1.165) is 32.4 Å². The van der Waals surface area contributed by atoms with E-state index in [9.17, 15) is 4.79 Å². The van der Waals surface area contributed by atoms with Crippen LogP contribution in [-0.2, 0) is 14.3 Å². The van der Waals surface area contributed by atoms with Gasteiger partial charge in [-0.1, -0.05) is 0 Å². The molecule has 0 aliphatic heterocycles. The molecule has 1 fully saturated rings. The Balaban J connectivity index is 1.88. The molecule has 15 heavy (non-hydrogen) atoms. The SMILES string of the molecule is CCOC1CC(NCCCC(=O)OC)C1. The van der Waals surface area contributed by atoms with E-state index in [4.69, 9.17) is 4.74 Å². The second-order valence-electron chi connectivity index (χ2n) is 3.88. The van der Waals surface area contributed by atoms with Gasteiger partial charge in [-0.3, -0.25) is 4.79 Å². The molecule has 88 valence electrons. The summed E-state index contributed by atoms with van der Waals surface area (Å²) in [6, 6.07) is 0.583. The van der Waals surface area contributed by atoms with E-state index >= 15 is 0 Å². The maximum Gasteiger partial charge on any atom is 0.305 e. The van der Waals surface area contributed by atoms with Crippen LogP contribution in [0.15, 0.2) is 0 Å². The molecule has 1 rings (SSSR count). The van der Waals surface area contributed by atoms with Crippen LogP contribution < -0.4 is 5.32 Å². The number of ether oxygens (including phenoxy) is 2. The van der Waals surface area contributed by atoms with Crippen molar-refractivity contribution in [3.05, 3.63) is 0 Å². The quantitative estimate of drug-likeness (QED) is 0.510. The van der Waals surface area contributed by atoms with Gasteiger partial charge in [-0.2, -0.15) is 0 Å². The van der Waals surface area contributed by atoms with Crippen molar-refractivity contribution in [3.8, 4) is 0 Å². The molecular weight excluding hydrogens is 194 g/mol. The van der Waals surface area contributed by atoms with E-state index in [1.165, 1.54) is 7.11 Å². The number of carbonyl (C=O) groups is 1. The van der Waals surface area contributed by atoms with Crippen molar-refractivity contribution in [2.75, 3.05) is 20.3 Å². The zero-order valence-electron chi connectivity index (χ0n) is 9.62. The molecule has 0 aromatic rings. The summed E-state index contributed by atoms with van der Waals surface area (Å²) in [6.07, 6.45) is 4.01. The monoisotopic (exact) mass is 215 g/mol. The first kappa shape index (κ1) is 12.5. The minimum absolute atomic E-state index is 0.127. The van der Waals surface area contributed by atoms with Crippen LogP contribution in [0.2, 0.25) is 0 Å². The van der Waals surface area contributed by atoms with E-state index in [1.54, 1.807) is 0 Å². The van der Waals surface area contributed by atoms with Gasteiger partial charge in [0.1, 0.15) is 0 Å². The van der Waals surface area contributed by atoms with Crippen LogP contribution in [0.5, 0.6) is 0 Å². The zero-order valence-corrected chi connectivity index (χ0v) is 9.62. The van der Waals surface area contributed by atoms with Gasteiger partial charge in [0.25, 0.3) is 0 Å². The maximum atomic E-state index is 10.8. The summed E-state index contributed by atoms with van der Waals surface area (Å²) in [6.45, 7) is 3.72. The fourth-order valence-corrected chi connectivity index (χ4v) is 1.75. The largest absolute Gasteiger partial charge is 0.469 e. The van der Waals surface area contributed by atoms with Gasteiger partial charge >= 0.3 is 5.97 Å². The standard InChI is InChI=1S/C11H21NO3/c1-3-15-10-7-9(8-10)12-6-4-5-11(13)14-2/h9-10,12H,3-8H2,1-2H3. The Morgan fingerprint density at radius 2 is 2.20 bits per heavy atom. The number of hydrogen-bond donors (Lipinski definition) is 1. The Hall–Kier alpha value is -0.610. The third-order valence-corrected chi connectivity index (χ3v) is 2.72. The Morgan fingerprint density at radius 1 is 1.47 bits per heavy atom. The van der Waals surface area contributed by atoms with Crippen LogP contribution in [0.1, 0.15) is 32.6 Å². The number of hydrogen-bond acceptors (Lipinski definition) is 4. The average molecular weight is 215 g/mol. The lowest BCUT2D eigenvalue weighted by Gasteiger charge is -2.35. The summed E-state index contributed by atoms with van der Waals surface area (Å²) in [5.41, 5.74) is 0. The highest BCUT2D eigenvalue weighted by molar-refractivity contribution is 5.69. The molecule has 1 aliphatic carbocycles. The molecule has 0 atom stereocenters. The summed E-state index contributed by atoms with van der Waals surface area (Å²) in [5, 5.41) is 3.40. The highest BCUT2D eigenvalue weighted by atomic mass is 16.5. The molecule has 1 aliphatic rings. The van der Waals surface area contributed by atoms with Gasteiger partial charge in [0.2, 0.25) is 0 Å². The third-order valence-electron chi connectivity index (χ3n) is 2.72. The molecule has 1 saturated carbocycles. The first-order valence-electron chi connectivity index (χ1n) is 5.68. The van der Waals surface area contributed by atoms with Crippen LogP contribution in [-0.4, -0.2) is 38.4 Å². The van der Waals surface area contributed by atoms with Gasteiger partial charge in [0.15, 0.2) is 0 Å². The van der Waals surface area contributed by atoms with Crippen molar-refractivity contribution < 1.29 is 14.3 Å². The van der Waals surface area contributed by atoms with Crippen molar-refractivity contribution in [3.63, 3.8) is 0 Å². The molecule has 0 aromatic heterocycles. The maximum absolute atomic E-state index is 10.8. The van der Waals surface area contributed by atoms with Crippen molar-refractivity contribution in [2.45, 2.75) is 44.8 Å². The van der Waals surface area contributed by atoms with Crippen LogP contribution in [0.4, 0.5) is 0 Å². The van der Waals surface area contributed by atoms with E-state index in [0.29, 0.717) is 18.6 Å². The molecule has 0 unspecified atom stereocenters. The lowest BCUT2D eigenvalue weighted by molar-refractivity contribution is -0.140. The topological polar surface area (TPSA) is 47.6 Å². The Kier molecular flexibility index (Phi) is 5.65. The van der Waals surface area contributed by atoms with Crippen LogP contribution >= 0.6 is 0 Å². The molecule has 0 radical (unpaired) electrons. The van der Waals surface area contributed by atoms with Gasteiger partial charge in [-0.15, -0.1) is 0 Å². The van der Waals surface area contributed by atoms with E-state index < -0.39 is 0 Å². The lowest BCUT2D eigenvalue weighted by atomic mass is 9.89. The van der Waals surface area contributed by atoms with Gasteiger partial charge in [-0.25, -0.2) is 0 Å². The minimum atomic E-state index is -0.127. The summed E-state index contributed by atoms with van der Waals surface area (Å²) in [5.74, 6) is -0.127. The number of nitrogens with one attached hydrogen (secondary N) is 1. The predicted octanol–water partition coefficient (Wildman–Crippen LogP) is 1.10. The van der Waals surface area contributed by atoms with Gasteiger partial charge in [0.05, 0.1) is 13.2 Å². The molecule has 0 spiro atoms. The zero-order chi connectivity index (χ0) is 11.1. The molecule has 0 saturated heterocycles. The summed E-state index contributed by atoms with van der Waals surface area (Å²) >= 11 is 0. The molecule has 0 amide bonds. The highest BCUT2D eigenvalue weighted by Gasteiger charge is 2.28. The average Bonchev–Trinajstić information content (AvgIpc) is 2.19. The number of rotatable bonds is 7. The summed E-state index contributed by atoms with van der Waals surface area (Å²) < 4.78 is 10.0. The first-order valence-corrected chi connectivity index (χ1v) is 5.68.